The normalized spacial score (nSPS) is 11.5. The van der Waals surface area contributed by atoms with E-state index in [1.54, 1.807) is 63.0 Å². The molecule has 3 aromatic carbocycles. The van der Waals surface area contributed by atoms with E-state index in [-0.39, 0.29) is 5.91 Å². The van der Waals surface area contributed by atoms with Crippen LogP contribution >= 0.6 is 23.2 Å². The Morgan fingerprint density at radius 3 is 2.38 bits per heavy atom. The second-order valence-corrected chi connectivity index (χ2v) is 8.62. The van der Waals surface area contributed by atoms with Gasteiger partial charge in [-0.05, 0) is 61.9 Å². The van der Waals surface area contributed by atoms with Crippen molar-refractivity contribution in [3.8, 4) is 22.6 Å². The van der Waals surface area contributed by atoms with E-state index >= 15 is 0 Å². The number of furan rings is 1. The number of anilines is 1. The van der Waals surface area contributed by atoms with Crippen molar-refractivity contribution in [1.82, 2.24) is 0 Å². The molecule has 1 aromatic heterocycles. The Morgan fingerprint density at radius 1 is 1.00 bits per heavy atom. The lowest BCUT2D eigenvalue weighted by Gasteiger charge is -2.13. The molecule has 0 aliphatic rings. The first-order valence-electron chi connectivity index (χ1n) is 10.5. The molecule has 0 radical (unpaired) electrons. The molecular weight excluding hydrogens is 473 g/mol. The zero-order valence-electron chi connectivity index (χ0n) is 19.2. The lowest BCUT2D eigenvalue weighted by atomic mass is 9.96. The number of methoxy groups -OCH3 is 2. The van der Waals surface area contributed by atoms with Gasteiger partial charge in [-0.2, -0.15) is 0 Å². The van der Waals surface area contributed by atoms with Gasteiger partial charge in [-0.15, -0.1) is 0 Å². The van der Waals surface area contributed by atoms with Crippen LogP contribution in [-0.4, -0.2) is 20.1 Å². The van der Waals surface area contributed by atoms with Crippen molar-refractivity contribution in [2.75, 3.05) is 19.5 Å². The Morgan fingerprint density at radius 2 is 1.74 bits per heavy atom. The summed E-state index contributed by atoms with van der Waals surface area (Å²) in [6.45, 7) is 3.79. The molecule has 4 rings (SSSR count). The molecule has 0 fully saturated rings. The number of carbonyl (C=O) groups excluding carboxylic acids is 1. The van der Waals surface area contributed by atoms with Crippen molar-refractivity contribution in [1.29, 1.82) is 0 Å². The molecule has 1 amide bonds. The summed E-state index contributed by atoms with van der Waals surface area (Å²) >= 11 is 12.5. The highest BCUT2D eigenvalue weighted by molar-refractivity contribution is 6.36. The molecule has 0 saturated carbocycles. The highest BCUT2D eigenvalue weighted by atomic mass is 35.5. The zero-order valence-corrected chi connectivity index (χ0v) is 20.7. The number of halogens is 2. The van der Waals surface area contributed by atoms with E-state index in [1.807, 2.05) is 26.0 Å². The summed E-state index contributed by atoms with van der Waals surface area (Å²) in [4.78, 5) is 12.7. The molecule has 34 heavy (non-hydrogen) atoms. The van der Waals surface area contributed by atoms with Gasteiger partial charge in [0.05, 0.1) is 25.5 Å². The minimum absolute atomic E-state index is 0.254. The highest BCUT2D eigenvalue weighted by Crippen LogP contribution is 2.42. The van der Waals surface area contributed by atoms with Crippen molar-refractivity contribution in [2.24, 2.45) is 0 Å². The number of carbonyl (C=O) groups is 1. The van der Waals surface area contributed by atoms with Crippen molar-refractivity contribution < 1.29 is 18.7 Å². The SMILES string of the molecule is COc1ccc(NC(=O)/C=C(\C)c2cc3c(-c4ccc(Cl)cc4Cl)coc3c(C)c2OC)cc1. The summed E-state index contributed by atoms with van der Waals surface area (Å²) in [5.41, 5.74) is 5.35. The summed E-state index contributed by atoms with van der Waals surface area (Å²) < 4.78 is 16.7. The molecule has 0 aliphatic carbocycles. The molecule has 174 valence electrons. The Bertz CT molecular complexity index is 1400. The van der Waals surface area contributed by atoms with Crippen LogP contribution in [0.15, 0.2) is 65.3 Å². The molecule has 1 N–H and O–H groups in total. The van der Waals surface area contributed by atoms with Crippen molar-refractivity contribution in [2.45, 2.75) is 13.8 Å². The third kappa shape index (κ3) is 4.63. The number of nitrogens with one attached hydrogen (secondary N) is 1. The first-order chi connectivity index (χ1) is 16.3. The highest BCUT2D eigenvalue weighted by Gasteiger charge is 2.20. The summed E-state index contributed by atoms with van der Waals surface area (Å²) in [6, 6.07) is 14.4. The van der Waals surface area contributed by atoms with E-state index in [1.165, 1.54) is 0 Å². The third-order valence-corrected chi connectivity index (χ3v) is 6.15. The van der Waals surface area contributed by atoms with E-state index in [4.69, 9.17) is 37.1 Å². The molecule has 5 nitrogen and oxygen atoms in total. The number of hydrogen-bond donors (Lipinski definition) is 1. The summed E-state index contributed by atoms with van der Waals surface area (Å²) in [7, 11) is 3.19. The number of benzene rings is 3. The quantitative estimate of drug-likeness (QED) is 0.277. The number of hydrogen-bond acceptors (Lipinski definition) is 4. The number of rotatable bonds is 6. The fourth-order valence-electron chi connectivity index (χ4n) is 3.92. The summed E-state index contributed by atoms with van der Waals surface area (Å²) in [5.74, 6) is 1.10. The molecule has 0 atom stereocenters. The molecule has 7 heteroatoms. The topological polar surface area (TPSA) is 60.7 Å². The molecule has 0 unspecified atom stereocenters. The van der Waals surface area contributed by atoms with E-state index in [9.17, 15) is 4.79 Å². The smallest absolute Gasteiger partial charge is 0.248 e. The summed E-state index contributed by atoms with van der Waals surface area (Å²) in [6.07, 6.45) is 3.22. The molecule has 0 spiro atoms. The van der Waals surface area contributed by atoms with E-state index in [0.29, 0.717) is 27.1 Å². The molecule has 0 bridgehead atoms. The second-order valence-electron chi connectivity index (χ2n) is 7.78. The average Bonchev–Trinajstić information content (AvgIpc) is 3.23. The van der Waals surface area contributed by atoms with Crippen LogP contribution in [0.2, 0.25) is 10.0 Å². The predicted molar refractivity (Wildman–Crippen MR) is 138 cm³/mol. The van der Waals surface area contributed by atoms with Gasteiger partial charge < -0.3 is 19.2 Å². The van der Waals surface area contributed by atoms with Crippen LogP contribution in [0.1, 0.15) is 18.1 Å². The first-order valence-corrected chi connectivity index (χ1v) is 11.3. The minimum atomic E-state index is -0.254. The molecule has 1 heterocycles. The van der Waals surface area contributed by atoms with Crippen LogP contribution < -0.4 is 14.8 Å². The lowest BCUT2D eigenvalue weighted by molar-refractivity contribution is -0.111. The Kier molecular flexibility index (Phi) is 6.87. The lowest BCUT2D eigenvalue weighted by Crippen LogP contribution is -2.08. The van der Waals surface area contributed by atoms with Crippen molar-refractivity contribution >= 4 is 51.3 Å². The Balaban J connectivity index is 1.75. The maximum absolute atomic E-state index is 12.7. The van der Waals surface area contributed by atoms with Gasteiger partial charge in [0, 0.05) is 44.4 Å². The number of allylic oxidation sites excluding steroid dienone is 1. The first kappa shape index (κ1) is 23.7. The fraction of sp³-hybridized carbons (Fsp3) is 0.148. The van der Waals surface area contributed by atoms with Crippen LogP contribution in [-0.2, 0) is 4.79 Å². The number of aryl methyl sites for hydroxylation is 1. The van der Waals surface area contributed by atoms with Gasteiger partial charge in [-0.1, -0.05) is 29.3 Å². The van der Waals surface area contributed by atoms with Crippen LogP contribution in [0.25, 0.3) is 27.7 Å². The van der Waals surface area contributed by atoms with E-state index in [2.05, 4.69) is 5.32 Å². The van der Waals surface area contributed by atoms with Crippen molar-refractivity contribution in [3.63, 3.8) is 0 Å². The molecular formula is C27H23Cl2NO4. The maximum atomic E-state index is 12.7. The largest absolute Gasteiger partial charge is 0.497 e. The monoisotopic (exact) mass is 495 g/mol. The van der Waals surface area contributed by atoms with Crippen LogP contribution in [0.3, 0.4) is 0 Å². The van der Waals surface area contributed by atoms with Gasteiger partial charge in [0.25, 0.3) is 0 Å². The number of ether oxygens (including phenoxy) is 2. The molecule has 0 aliphatic heterocycles. The number of amides is 1. The van der Waals surface area contributed by atoms with E-state index < -0.39 is 0 Å². The fourth-order valence-corrected chi connectivity index (χ4v) is 4.43. The van der Waals surface area contributed by atoms with Gasteiger partial charge in [-0.3, -0.25) is 4.79 Å². The standard InChI is InChI=1S/C27H23Cl2NO4/c1-15(11-25(31)30-18-6-8-19(32-3)9-7-18)21-13-22-23(20-10-5-17(28)12-24(20)29)14-34-27(22)16(2)26(21)33-4/h5-14H,1-4H3,(H,30,31)/b15-11+. The minimum Gasteiger partial charge on any atom is -0.497 e. The van der Waals surface area contributed by atoms with Gasteiger partial charge in [0.15, 0.2) is 0 Å². The molecule has 0 saturated heterocycles. The second kappa shape index (κ2) is 9.84. The van der Waals surface area contributed by atoms with Gasteiger partial charge in [0.1, 0.15) is 17.1 Å². The maximum Gasteiger partial charge on any atom is 0.248 e. The van der Waals surface area contributed by atoms with Crippen LogP contribution in [0, 0.1) is 6.92 Å². The average molecular weight is 496 g/mol. The third-order valence-electron chi connectivity index (χ3n) is 5.60. The Labute approximate surface area is 207 Å². The van der Waals surface area contributed by atoms with Crippen LogP contribution in [0.5, 0.6) is 11.5 Å². The van der Waals surface area contributed by atoms with Gasteiger partial charge in [-0.25, -0.2) is 0 Å². The predicted octanol–water partition coefficient (Wildman–Crippen LogP) is 7.77. The van der Waals surface area contributed by atoms with Gasteiger partial charge in [0.2, 0.25) is 5.91 Å². The van der Waals surface area contributed by atoms with Gasteiger partial charge >= 0.3 is 0 Å². The summed E-state index contributed by atoms with van der Waals surface area (Å²) in [5, 5.41) is 4.81. The zero-order chi connectivity index (χ0) is 24.4. The molecule has 4 aromatic rings. The van der Waals surface area contributed by atoms with Crippen LogP contribution in [0.4, 0.5) is 5.69 Å². The van der Waals surface area contributed by atoms with Crippen molar-refractivity contribution in [3.05, 3.63) is 82.0 Å². The van der Waals surface area contributed by atoms with E-state index in [0.717, 1.165) is 39.0 Å². The number of fused-ring (bicyclic) bond motifs is 1. The Hall–Kier alpha value is -3.41.